The fourth-order valence-electron chi connectivity index (χ4n) is 1.64. The van der Waals surface area contributed by atoms with E-state index in [1.54, 1.807) is 0 Å². The summed E-state index contributed by atoms with van der Waals surface area (Å²) in [7, 11) is 0. The first-order chi connectivity index (χ1) is 9.95. The molecule has 21 heavy (non-hydrogen) atoms. The molecule has 2 rings (SSSR count). The molecular weight excluding hydrogens is 310 g/mol. The standard InChI is InChI=1S/C14H12ClN3O2S/c1-9-2-4-10(5-3-9)16-14(21)17-13-7-6-11(18(19)20)8-12(13)15/h2-8H,1H3,(H2,16,17,21). The Labute approximate surface area is 132 Å². The number of benzene rings is 2. The second-order valence-corrected chi connectivity index (χ2v) is 5.18. The molecule has 0 aliphatic carbocycles. The zero-order chi connectivity index (χ0) is 15.4. The first-order valence-corrected chi connectivity index (χ1v) is 6.83. The average Bonchev–Trinajstić information content (AvgIpc) is 2.43. The third-order valence-corrected chi connectivity index (χ3v) is 3.24. The van der Waals surface area contributed by atoms with Gasteiger partial charge in [0.05, 0.1) is 15.6 Å². The number of non-ortho nitro benzene ring substituents is 1. The summed E-state index contributed by atoms with van der Waals surface area (Å²) in [5, 5.41) is 17.1. The van der Waals surface area contributed by atoms with Gasteiger partial charge in [-0.05, 0) is 37.3 Å². The summed E-state index contributed by atoms with van der Waals surface area (Å²) in [5.74, 6) is 0. The van der Waals surface area contributed by atoms with E-state index in [2.05, 4.69) is 10.6 Å². The number of nitro groups is 1. The van der Waals surface area contributed by atoms with Crippen LogP contribution in [0, 0.1) is 17.0 Å². The van der Waals surface area contributed by atoms with Gasteiger partial charge in [0.2, 0.25) is 0 Å². The summed E-state index contributed by atoms with van der Waals surface area (Å²) < 4.78 is 0. The molecule has 5 nitrogen and oxygen atoms in total. The van der Waals surface area contributed by atoms with Crippen molar-refractivity contribution < 1.29 is 4.92 Å². The topological polar surface area (TPSA) is 67.2 Å². The molecule has 0 aromatic heterocycles. The lowest BCUT2D eigenvalue weighted by Crippen LogP contribution is -2.19. The SMILES string of the molecule is Cc1ccc(NC(=S)Nc2ccc([N+](=O)[O-])cc2Cl)cc1. The molecule has 0 fully saturated rings. The molecule has 0 bridgehead atoms. The predicted molar refractivity (Wildman–Crippen MR) is 89.1 cm³/mol. The predicted octanol–water partition coefficient (Wildman–Crippen LogP) is 4.37. The summed E-state index contributed by atoms with van der Waals surface area (Å²) in [4.78, 5) is 10.1. The number of thiocarbonyl (C=S) groups is 1. The van der Waals surface area contributed by atoms with Gasteiger partial charge in [0.25, 0.3) is 5.69 Å². The summed E-state index contributed by atoms with van der Waals surface area (Å²) in [6.45, 7) is 2.00. The molecule has 0 aliphatic heterocycles. The number of hydrogen-bond acceptors (Lipinski definition) is 3. The van der Waals surface area contributed by atoms with Crippen LogP contribution in [0.5, 0.6) is 0 Å². The Kier molecular flexibility index (Phi) is 4.72. The molecule has 0 saturated carbocycles. The number of aryl methyl sites for hydroxylation is 1. The third kappa shape index (κ3) is 4.14. The molecular formula is C14H12ClN3O2S. The minimum atomic E-state index is -0.501. The zero-order valence-corrected chi connectivity index (χ0v) is 12.7. The molecule has 0 spiro atoms. The van der Waals surface area contributed by atoms with Gasteiger partial charge >= 0.3 is 0 Å². The fourth-order valence-corrected chi connectivity index (χ4v) is 2.09. The summed E-state index contributed by atoms with van der Waals surface area (Å²) in [6.07, 6.45) is 0. The van der Waals surface area contributed by atoms with Crippen LogP contribution in [0.25, 0.3) is 0 Å². The first-order valence-electron chi connectivity index (χ1n) is 6.04. The van der Waals surface area contributed by atoms with Crippen molar-refractivity contribution in [1.29, 1.82) is 0 Å². The van der Waals surface area contributed by atoms with Crippen molar-refractivity contribution in [2.75, 3.05) is 10.6 Å². The number of hydrogen-bond donors (Lipinski definition) is 2. The van der Waals surface area contributed by atoms with Crippen LogP contribution in [0.15, 0.2) is 42.5 Å². The molecule has 7 heteroatoms. The monoisotopic (exact) mass is 321 g/mol. The Morgan fingerprint density at radius 1 is 1.19 bits per heavy atom. The van der Waals surface area contributed by atoms with Crippen LogP contribution < -0.4 is 10.6 Å². The van der Waals surface area contributed by atoms with Crippen molar-refractivity contribution >= 4 is 46.0 Å². The second kappa shape index (κ2) is 6.51. The maximum atomic E-state index is 10.6. The quantitative estimate of drug-likeness (QED) is 0.499. The average molecular weight is 322 g/mol. The van der Waals surface area contributed by atoms with E-state index in [1.807, 2.05) is 31.2 Å². The Balaban J connectivity index is 2.06. The summed E-state index contributed by atoms with van der Waals surface area (Å²) >= 11 is 11.2. The van der Waals surface area contributed by atoms with Crippen molar-refractivity contribution in [3.63, 3.8) is 0 Å². The smallest absolute Gasteiger partial charge is 0.271 e. The highest BCUT2D eigenvalue weighted by Gasteiger charge is 2.10. The van der Waals surface area contributed by atoms with Gasteiger partial charge in [0.15, 0.2) is 5.11 Å². The highest BCUT2D eigenvalue weighted by Crippen LogP contribution is 2.26. The maximum absolute atomic E-state index is 10.6. The normalized spacial score (nSPS) is 10.0. The van der Waals surface area contributed by atoms with E-state index >= 15 is 0 Å². The van der Waals surface area contributed by atoms with E-state index in [1.165, 1.54) is 18.2 Å². The molecule has 0 heterocycles. The van der Waals surface area contributed by atoms with Crippen LogP contribution in [0.1, 0.15) is 5.56 Å². The van der Waals surface area contributed by atoms with Gasteiger partial charge in [-0.3, -0.25) is 10.1 Å². The minimum Gasteiger partial charge on any atom is -0.332 e. The lowest BCUT2D eigenvalue weighted by Gasteiger charge is -2.11. The summed E-state index contributed by atoms with van der Waals surface area (Å²) in [6, 6.07) is 11.9. The van der Waals surface area contributed by atoms with Crippen LogP contribution in [-0.4, -0.2) is 10.0 Å². The number of anilines is 2. The summed E-state index contributed by atoms with van der Waals surface area (Å²) in [5.41, 5.74) is 2.43. The van der Waals surface area contributed by atoms with Gasteiger partial charge in [-0.1, -0.05) is 29.3 Å². The van der Waals surface area contributed by atoms with E-state index in [0.29, 0.717) is 10.8 Å². The van der Waals surface area contributed by atoms with Gasteiger partial charge in [0, 0.05) is 17.8 Å². The van der Waals surface area contributed by atoms with E-state index in [0.717, 1.165) is 11.3 Å². The van der Waals surface area contributed by atoms with Crippen LogP contribution in [0.3, 0.4) is 0 Å². The molecule has 0 unspecified atom stereocenters. The van der Waals surface area contributed by atoms with Crippen LogP contribution in [0.4, 0.5) is 17.1 Å². The van der Waals surface area contributed by atoms with Crippen LogP contribution in [0.2, 0.25) is 5.02 Å². The number of nitrogens with one attached hydrogen (secondary N) is 2. The highest BCUT2D eigenvalue weighted by molar-refractivity contribution is 7.80. The van der Waals surface area contributed by atoms with E-state index in [-0.39, 0.29) is 10.7 Å². The fraction of sp³-hybridized carbons (Fsp3) is 0.0714. The molecule has 0 atom stereocenters. The molecule has 0 amide bonds. The second-order valence-electron chi connectivity index (χ2n) is 4.37. The number of nitro benzene ring substituents is 1. The Bertz CT molecular complexity index is 689. The van der Waals surface area contributed by atoms with Crippen LogP contribution in [-0.2, 0) is 0 Å². The Morgan fingerprint density at radius 3 is 2.43 bits per heavy atom. The van der Waals surface area contributed by atoms with E-state index in [4.69, 9.17) is 23.8 Å². The highest BCUT2D eigenvalue weighted by atomic mass is 35.5. The van der Waals surface area contributed by atoms with Crippen LogP contribution >= 0.6 is 23.8 Å². The van der Waals surface area contributed by atoms with Gasteiger partial charge in [-0.2, -0.15) is 0 Å². The van der Waals surface area contributed by atoms with Gasteiger partial charge in [-0.15, -0.1) is 0 Å². The molecule has 108 valence electrons. The van der Waals surface area contributed by atoms with E-state index in [9.17, 15) is 10.1 Å². The minimum absolute atomic E-state index is 0.0667. The van der Waals surface area contributed by atoms with Crippen molar-refractivity contribution in [1.82, 2.24) is 0 Å². The molecule has 2 aromatic rings. The molecule has 2 aromatic carbocycles. The number of nitrogens with zero attached hydrogens (tertiary/aromatic N) is 1. The number of halogens is 1. The number of rotatable bonds is 3. The van der Waals surface area contributed by atoms with E-state index < -0.39 is 4.92 Å². The lowest BCUT2D eigenvalue weighted by molar-refractivity contribution is -0.384. The van der Waals surface area contributed by atoms with Crippen molar-refractivity contribution in [2.24, 2.45) is 0 Å². The van der Waals surface area contributed by atoms with Gasteiger partial charge in [0.1, 0.15) is 0 Å². The third-order valence-electron chi connectivity index (χ3n) is 2.72. The lowest BCUT2D eigenvalue weighted by atomic mass is 10.2. The van der Waals surface area contributed by atoms with Crippen molar-refractivity contribution in [3.8, 4) is 0 Å². The van der Waals surface area contributed by atoms with Gasteiger partial charge in [-0.25, -0.2) is 0 Å². The van der Waals surface area contributed by atoms with Crippen molar-refractivity contribution in [3.05, 3.63) is 63.2 Å². The Hall–Kier alpha value is -2.18. The first kappa shape index (κ1) is 15.2. The molecule has 0 radical (unpaired) electrons. The van der Waals surface area contributed by atoms with Gasteiger partial charge < -0.3 is 10.6 Å². The largest absolute Gasteiger partial charge is 0.332 e. The maximum Gasteiger partial charge on any atom is 0.271 e. The molecule has 0 saturated heterocycles. The zero-order valence-electron chi connectivity index (χ0n) is 11.1. The molecule has 0 aliphatic rings. The molecule has 2 N–H and O–H groups in total. The van der Waals surface area contributed by atoms with Crippen molar-refractivity contribution in [2.45, 2.75) is 6.92 Å². The Morgan fingerprint density at radius 2 is 1.86 bits per heavy atom.